The smallest absolute Gasteiger partial charge is 0.303 e. The maximum atomic E-state index is 11.6. The number of carbonyl (C=O) groups is 2. The van der Waals surface area contributed by atoms with E-state index in [4.69, 9.17) is 5.11 Å². The van der Waals surface area contributed by atoms with Crippen LogP contribution in [0.4, 0.5) is 0 Å². The van der Waals surface area contributed by atoms with Gasteiger partial charge in [-0.2, -0.15) is 0 Å². The molecule has 0 unspecified atom stereocenters. The number of carboxylic acids is 1. The van der Waals surface area contributed by atoms with Crippen molar-refractivity contribution in [2.75, 3.05) is 6.54 Å². The van der Waals surface area contributed by atoms with Gasteiger partial charge < -0.3 is 10.4 Å². The molecule has 1 aliphatic carbocycles. The van der Waals surface area contributed by atoms with Gasteiger partial charge in [0.05, 0.1) is 6.42 Å². The quantitative estimate of drug-likeness (QED) is 0.775. The van der Waals surface area contributed by atoms with Crippen molar-refractivity contribution in [1.29, 1.82) is 0 Å². The Labute approximate surface area is 103 Å². The van der Waals surface area contributed by atoms with Crippen LogP contribution in [0.25, 0.3) is 0 Å². The Kier molecular flexibility index (Phi) is 4.97. The van der Waals surface area contributed by atoms with Crippen molar-refractivity contribution in [3.63, 3.8) is 0 Å². The summed E-state index contributed by atoms with van der Waals surface area (Å²) in [5.74, 6) is -0.786. The van der Waals surface area contributed by atoms with Crippen molar-refractivity contribution in [2.24, 2.45) is 11.3 Å². The fourth-order valence-corrected chi connectivity index (χ4v) is 2.52. The number of rotatable bonds is 5. The molecule has 98 valence electrons. The van der Waals surface area contributed by atoms with E-state index in [1.807, 2.05) is 13.8 Å². The molecule has 4 heteroatoms. The summed E-state index contributed by atoms with van der Waals surface area (Å²) in [7, 11) is 0. The fraction of sp³-hybridized carbons (Fsp3) is 0.846. The summed E-state index contributed by atoms with van der Waals surface area (Å²) in [5.41, 5.74) is -0.214. The zero-order chi connectivity index (χ0) is 12.9. The molecule has 0 aromatic heterocycles. The van der Waals surface area contributed by atoms with Crippen LogP contribution in [0.15, 0.2) is 0 Å². The van der Waals surface area contributed by atoms with Crippen molar-refractivity contribution in [2.45, 2.75) is 52.4 Å². The van der Waals surface area contributed by atoms with E-state index in [1.54, 1.807) is 0 Å². The Bertz CT molecular complexity index is 280. The normalized spacial score (nSPS) is 19.0. The highest BCUT2D eigenvalue weighted by Crippen LogP contribution is 2.38. The van der Waals surface area contributed by atoms with Crippen LogP contribution in [0.1, 0.15) is 52.4 Å². The van der Waals surface area contributed by atoms with E-state index in [-0.39, 0.29) is 23.7 Å². The predicted molar refractivity (Wildman–Crippen MR) is 65.6 cm³/mol. The first-order chi connectivity index (χ1) is 7.95. The molecular formula is C13H23NO3. The van der Waals surface area contributed by atoms with Gasteiger partial charge in [0, 0.05) is 12.5 Å². The van der Waals surface area contributed by atoms with Gasteiger partial charge >= 0.3 is 5.97 Å². The monoisotopic (exact) mass is 241 g/mol. The third kappa shape index (κ3) is 4.36. The molecule has 0 bridgehead atoms. The van der Waals surface area contributed by atoms with Gasteiger partial charge in [0.2, 0.25) is 5.91 Å². The van der Waals surface area contributed by atoms with E-state index in [9.17, 15) is 9.59 Å². The lowest BCUT2D eigenvalue weighted by Crippen LogP contribution is -2.41. The van der Waals surface area contributed by atoms with Crippen LogP contribution >= 0.6 is 0 Å². The van der Waals surface area contributed by atoms with E-state index >= 15 is 0 Å². The van der Waals surface area contributed by atoms with Crippen LogP contribution in [0, 0.1) is 11.3 Å². The van der Waals surface area contributed by atoms with E-state index in [0.717, 1.165) is 25.7 Å². The first-order valence-corrected chi connectivity index (χ1v) is 6.45. The Morgan fingerprint density at radius 2 is 1.82 bits per heavy atom. The lowest BCUT2D eigenvalue weighted by molar-refractivity contribution is -0.141. The SMILES string of the molecule is CC(C)C(=O)NCC1(CC(=O)O)CCCCC1. The van der Waals surface area contributed by atoms with Crippen LogP contribution in [-0.4, -0.2) is 23.5 Å². The first kappa shape index (κ1) is 14.0. The zero-order valence-electron chi connectivity index (χ0n) is 10.8. The Balaban J connectivity index is 2.57. The van der Waals surface area contributed by atoms with Gasteiger partial charge in [-0.15, -0.1) is 0 Å². The number of hydrogen-bond donors (Lipinski definition) is 2. The largest absolute Gasteiger partial charge is 0.481 e. The molecule has 0 aromatic carbocycles. The number of nitrogens with one attached hydrogen (secondary N) is 1. The van der Waals surface area contributed by atoms with Crippen LogP contribution in [0.5, 0.6) is 0 Å². The van der Waals surface area contributed by atoms with Gasteiger partial charge in [0.1, 0.15) is 0 Å². The highest BCUT2D eigenvalue weighted by Gasteiger charge is 2.34. The zero-order valence-corrected chi connectivity index (χ0v) is 10.8. The Hall–Kier alpha value is -1.06. The van der Waals surface area contributed by atoms with Crippen molar-refractivity contribution in [1.82, 2.24) is 5.32 Å². The molecule has 0 aromatic rings. The number of aliphatic carboxylic acids is 1. The summed E-state index contributed by atoms with van der Waals surface area (Å²) in [6, 6.07) is 0. The molecule has 2 N–H and O–H groups in total. The van der Waals surface area contributed by atoms with E-state index in [2.05, 4.69) is 5.32 Å². The molecule has 0 saturated heterocycles. The molecule has 0 atom stereocenters. The topological polar surface area (TPSA) is 66.4 Å². The molecule has 17 heavy (non-hydrogen) atoms. The highest BCUT2D eigenvalue weighted by molar-refractivity contribution is 5.78. The van der Waals surface area contributed by atoms with Crippen LogP contribution in [-0.2, 0) is 9.59 Å². The number of carbonyl (C=O) groups excluding carboxylic acids is 1. The van der Waals surface area contributed by atoms with Crippen LogP contribution in [0.3, 0.4) is 0 Å². The summed E-state index contributed by atoms with van der Waals surface area (Å²) in [5, 5.41) is 11.9. The molecule has 4 nitrogen and oxygen atoms in total. The molecule has 1 aliphatic rings. The number of hydrogen-bond acceptors (Lipinski definition) is 2. The van der Waals surface area contributed by atoms with Crippen molar-refractivity contribution >= 4 is 11.9 Å². The minimum absolute atomic E-state index is 0.0142. The van der Waals surface area contributed by atoms with Gasteiger partial charge in [-0.25, -0.2) is 0 Å². The van der Waals surface area contributed by atoms with Crippen LogP contribution in [0.2, 0.25) is 0 Å². The molecule has 1 fully saturated rings. The molecule has 0 aliphatic heterocycles. The molecule has 0 spiro atoms. The second-order valence-corrected chi connectivity index (χ2v) is 5.50. The van der Waals surface area contributed by atoms with Gasteiger partial charge in [-0.1, -0.05) is 33.1 Å². The molecule has 1 amide bonds. The maximum Gasteiger partial charge on any atom is 0.303 e. The number of carboxylic acid groups (broad SMARTS) is 1. The average molecular weight is 241 g/mol. The van der Waals surface area contributed by atoms with Crippen molar-refractivity contribution < 1.29 is 14.7 Å². The maximum absolute atomic E-state index is 11.6. The van der Waals surface area contributed by atoms with Gasteiger partial charge in [-0.3, -0.25) is 9.59 Å². The number of amides is 1. The van der Waals surface area contributed by atoms with Gasteiger partial charge in [0.15, 0.2) is 0 Å². The highest BCUT2D eigenvalue weighted by atomic mass is 16.4. The second-order valence-electron chi connectivity index (χ2n) is 5.50. The summed E-state index contributed by atoms with van der Waals surface area (Å²) >= 11 is 0. The standard InChI is InChI=1S/C13H23NO3/c1-10(2)12(17)14-9-13(8-11(15)16)6-4-3-5-7-13/h10H,3-9H2,1-2H3,(H,14,17)(H,15,16). The van der Waals surface area contributed by atoms with Gasteiger partial charge in [0.25, 0.3) is 0 Å². The van der Waals surface area contributed by atoms with E-state index in [0.29, 0.717) is 6.54 Å². The third-order valence-electron chi connectivity index (χ3n) is 3.60. The average Bonchev–Trinajstić information content (AvgIpc) is 2.26. The summed E-state index contributed by atoms with van der Waals surface area (Å²) < 4.78 is 0. The lowest BCUT2D eigenvalue weighted by Gasteiger charge is -2.36. The van der Waals surface area contributed by atoms with Crippen molar-refractivity contribution in [3.05, 3.63) is 0 Å². The van der Waals surface area contributed by atoms with E-state index < -0.39 is 5.97 Å². The minimum Gasteiger partial charge on any atom is -0.481 e. The molecule has 0 heterocycles. The third-order valence-corrected chi connectivity index (χ3v) is 3.60. The Morgan fingerprint density at radius 1 is 1.24 bits per heavy atom. The molecule has 1 rings (SSSR count). The van der Waals surface area contributed by atoms with Crippen molar-refractivity contribution in [3.8, 4) is 0 Å². The summed E-state index contributed by atoms with van der Waals surface area (Å²) in [6.45, 7) is 4.20. The van der Waals surface area contributed by atoms with E-state index in [1.165, 1.54) is 6.42 Å². The fourth-order valence-electron chi connectivity index (χ4n) is 2.52. The molecule has 1 saturated carbocycles. The summed E-state index contributed by atoms with van der Waals surface area (Å²) in [6.07, 6.45) is 5.33. The van der Waals surface area contributed by atoms with Gasteiger partial charge in [-0.05, 0) is 18.3 Å². The molecule has 0 radical (unpaired) electrons. The second kappa shape index (κ2) is 6.03. The summed E-state index contributed by atoms with van der Waals surface area (Å²) in [4.78, 5) is 22.5. The predicted octanol–water partition coefficient (Wildman–Crippen LogP) is 2.18. The van der Waals surface area contributed by atoms with Crippen LogP contribution < -0.4 is 5.32 Å². The first-order valence-electron chi connectivity index (χ1n) is 6.45. The minimum atomic E-state index is -0.759. The Morgan fingerprint density at radius 3 is 2.29 bits per heavy atom. The molecular weight excluding hydrogens is 218 g/mol. The lowest BCUT2D eigenvalue weighted by atomic mass is 9.71.